The lowest BCUT2D eigenvalue weighted by molar-refractivity contribution is -0.138. The topological polar surface area (TPSA) is 26.3 Å². The van der Waals surface area contributed by atoms with Crippen LogP contribution in [0, 0.1) is 0 Å². The molecule has 0 aliphatic rings. The summed E-state index contributed by atoms with van der Waals surface area (Å²) >= 11 is 5.52. The van der Waals surface area contributed by atoms with Gasteiger partial charge >= 0.3 is 12.1 Å². The van der Waals surface area contributed by atoms with E-state index in [1.165, 1.54) is 12.1 Å². The first kappa shape index (κ1) is 14.6. The van der Waals surface area contributed by atoms with Crippen LogP contribution in [0.2, 0.25) is 5.02 Å². The quantitative estimate of drug-likeness (QED) is 0.618. The number of ether oxygens (including phenoxy) is 1. The largest absolute Gasteiger partial charge is 0.463 e. The first-order chi connectivity index (χ1) is 8.34. The standard InChI is InChI=1S/C12H10ClF3O2/c1-2-18-11(17)6-4-8-3-5-9(10(13)7-8)12(14,15)16/h3-7H,2H2,1H3. The van der Waals surface area contributed by atoms with Gasteiger partial charge in [-0.05, 0) is 30.7 Å². The molecule has 0 aromatic heterocycles. The maximum absolute atomic E-state index is 12.4. The van der Waals surface area contributed by atoms with Gasteiger partial charge in [0.2, 0.25) is 0 Å². The molecule has 0 saturated carbocycles. The molecule has 0 radical (unpaired) electrons. The van der Waals surface area contributed by atoms with Crippen molar-refractivity contribution in [1.82, 2.24) is 0 Å². The van der Waals surface area contributed by atoms with Crippen LogP contribution in [-0.2, 0) is 15.7 Å². The fourth-order valence-electron chi connectivity index (χ4n) is 1.22. The number of hydrogen-bond donors (Lipinski definition) is 0. The summed E-state index contributed by atoms with van der Waals surface area (Å²) in [4.78, 5) is 11.0. The predicted octanol–water partition coefficient (Wildman–Crippen LogP) is 3.94. The van der Waals surface area contributed by atoms with Crippen LogP contribution in [-0.4, -0.2) is 12.6 Å². The Morgan fingerprint density at radius 2 is 2.11 bits per heavy atom. The molecule has 1 rings (SSSR count). The molecule has 0 heterocycles. The maximum Gasteiger partial charge on any atom is 0.417 e. The van der Waals surface area contributed by atoms with Gasteiger partial charge in [0, 0.05) is 6.08 Å². The van der Waals surface area contributed by atoms with E-state index in [9.17, 15) is 18.0 Å². The van der Waals surface area contributed by atoms with E-state index in [1.807, 2.05) is 0 Å². The minimum atomic E-state index is -4.49. The molecule has 6 heteroatoms. The van der Waals surface area contributed by atoms with Crippen LogP contribution in [0.1, 0.15) is 18.1 Å². The van der Waals surface area contributed by atoms with Gasteiger partial charge in [0.1, 0.15) is 0 Å². The molecular weight excluding hydrogens is 269 g/mol. The summed E-state index contributed by atoms with van der Waals surface area (Å²) in [6, 6.07) is 3.23. The Labute approximate surface area is 107 Å². The molecule has 0 N–H and O–H groups in total. The van der Waals surface area contributed by atoms with Gasteiger partial charge < -0.3 is 4.74 Å². The molecule has 0 amide bonds. The third-order valence-corrected chi connectivity index (χ3v) is 2.31. The van der Waals surface area contributed by atoms with Crippen LogP contribution in [0.25, 0.3) is 6.08 Å². The second-order valence-corrected chi connectivity index (χ2v) is 3.73. The number of carbonyl (C=O) groups excluding carboxylic acids is 1. The van der Waals surface area contributed by atoms with Crippen LogP contribution >= 0.6 is 11.6 Å². The van der Waals surface area contributed by atoms with Crippen molar-refractivity contribution in [1.29, 1.82) is 0 Å². The smallest absolute Gasteiger partial charge is 0.417 e. The van der Waals surface area contributed by atoms with E-state index in [4.69, 9.17) is 11.6 Å². The molecule has 18 heavy (non-hydrogen) atoms. The monoisotopic (exact) mass is 278 g/mol. The highest BCUT2D eigenvalue weighted by atomic mass is 35.5. The fourth-order valence-corrected chi connectivity index (χ4v) is 1.52. The third kappa shape index (κ3) is 4.07. The van der Waals surface area contributed by atoms with Crippen LogP contribution < -0.4 is 0 Å². The van der Waals surface area contributed by atoms with Crippen molar-refractivity contribution >= 4 is 23.6 Å². The highest BCUT2D eigenvalue weighted by Crippen LogP contribution is 2.35. The second-order valence-electron chi connectivity index (χ2n) is 3.32. The van der Waals surface area contributed by atoms with Crippen LogP contribution in [0.15, 0.2) is 24.3 Å². The third-order valence-electron chi connectivity index (χ3n) is 2.00. The molecular formula is C12H10ClF3O2. The van der Waals surface area contributed by atoms with Crippen LogP contribution in [0.3, 0.4) is 0 Å². The summed E-state index contributed by atoms with van der Waals surface area (Å²) < 4.78 is 41.9. The summed E-state index contributed by atoms with van der Waals surface area (Å²) in [5.74, 6) is -0.562. The number of benzene rings is 1. The Balaban J connectivity index is 2.89. The van der Waals surface area contributed by atoms with Gasteiger partial charge in [-0.1, -0.05) is 17.7 Å². The molecule has 2 nitrogen and oxygen atoms in total. The van der Waals surface area contributed by atoms with Gasteiger partial charge in [-0.2, -0.15) is 13.2 Å². The van der Waals surface area contributed by atoms with Crippen molar-refractivity contribution in [2.45, 2.75) is 13.1 Å². The number of rotatable bonds is 3. The Morgan fingerprint density at radius 3 is 2.61 bits per heavy atom. The van der Waals surface area contributed by atoms with E-state index in [0.717, 1.165) is 18.2 Å². The summed E-state index contributed by atoms with van der Waals surface area (Å²) in [5.41, 5.74) is -0.515. The highest BCUT2D eigenvalue weighted by Gasteiger charge is 2.32. The van der Waals surface area contributed by atoms with Gasteiger partial charge in [-0.15, -0.1) is 0 Å². The minimum absolute atomic E-state index is 0.233. The van der Waals surface area contributed by atoms with Crippen molar-refractivity contribution < 1.29 is 22.7 Å². The number of halogens is 4. The fraction of sp³-hybridized carbons (Fsp3) is 0.250. The number of hydrogen-bond acceptors (Lipinski definition) is 2. The van der Waals surface area contributed by atoms with Gasteiger partial charge in [0.25, 0.3) is 0 Å². The summed E-state index contributed by atoms with van der Waals surface area (Å²) in [6.07, 6.45) is -2.02. The van der Waals surface area contributed by atoms with Crippen molar-refractivity contribution in [2.24, 2.45) is 0 Å². The van der Waals surface area contributed by atoms with E-state index in [0.29, 0.717) is 5.56 Å². The van der Waals surface area contributed by atoms with Crippen molar-refractivity contribution in [2.75, 3.05) is 6.61 Å². The summed E-state index contributed by atoms with van der Waals surface area (Å²) in [7, 11) is 0. The lowest BCUT2D eigenvalue weighted by Gasteiger charge is -2.08. The van der Waals surface area contributed by atoms with Crippen LogP contribution in [0.5, 0.6) is 0 Å². The highest BCUT2D eigenvalue weighted by molar-refractivity contribution is 6.31. The number of esters is 1. The summed E-state index contributed by atoms with van der Waals surface area (Å²) in [6.45, 7) is 1.89. The molecule has 0 bridgehead atoms. The Kier molecular flexibility index (Phi) is 4.78. The van der Waals surface area contributed by atoms with E-state index in [2.05, 4.69) is 4.74 Å². The zero-order valence-electron chi connectivity index (χ0n) is 9.42. The molecule has 0 atom stereocenters. The number of alkyl halides is 3. The van der Waals surface area contributed by atoms with Crippen LogP contribution in [0.4, 0.5) is 13.2 Å². The molecule has 0 fully saturated rings. The Bertz CT molecular complexity index is 467. The van der Waals surface area contributed by atoms with Crippen molar-refractivity contribution in [3.63, 3.8) is 0 Å². The maximum atomic E-state index is 12.4. The number of carbonyl (C=O) groups is 1. The average molecular weight is 279 g/mol. The van der Waals surface area contributed by atoms with E-state index in [-0.39, 0.29) is 6.61 Å². The zero-order chi connectivity index (χ0) is 13.8. The van der Waals surface area contributed by atoms with Crippen molar-refractivity contribution in [3.8, 4) is 0 Å². The van der Waals surface area contributed by atoms with Gasteiger partial charge in [0.05, 0.1) is 17.2 Å². The van der Waals surface area contributed by atoms with E-state index >= 15 is 0 Å². The first-order valence-electron chi connectivity index (χ1n) is 5.06. The molecule has 0 saturated heterocycles. The molecule has 1 aromatic carbocycles. The van der Waals surface area contributed by atoms with E-state index in [1.54, 1.807) is 6.92 Å². The zero-order valence-corrected chi connectivity index (χ0v) is 10.2. The molecule has 1 aromatic rings. The lowest BCUT2D eigenvalue weighted by atomic mass is 10.1. The summed E-state index contributed by atoms with van der Waals surface area (Å²) in [5, 5.41) is -0.409. The molecule has 0 aliphatic carbocycles. The van der Waals surface area contributed by atoms with Gasteiger partial charge in [-0.3, -0.25) is 0 Å². The Hall–Kier alpha value is -1.49. The second kappa shape index (κ2) is 5.91. The van der Waals surface area contributed by atoms with Gasteiger partial charge in [0.15, 0.2) is 0 Å². The molecule has 0 spiro atoms. The van der Waals surface area contributed by atoms with Crippen molar-refractivity contribution in [3.05, 3.63) is 40.4 Å². The normalized spacial score (nSPS) is 11.8. The minimum Gasteiger partial charge on any atom is -0.463 e. The lowest BCUT2D eigenvalue weighted by Crippen LogP contribution is -2.05. The predicted molar refractivity (Wildman–Crippen MR) is 62.1 cm³/mol. The molecule has 98 valence electrons. The first-order valence-corrected chi connectivity index (χ1v) is 5.44. The Morgan fingerprint density at radius 1 is 1.44 bits per heavy atom. The molecule has 0 unspecified atom stereocenters. The van der Waals surface area contributed by atoms with Gasteiger partial charge in [-0.25, -0.2) is 4.79 Å². The molecule has 0 aliphatic heterocycles. The average Bonchev–Trinajstić information content (AvgIpc) is 2.25. The SMILES string of the molecule is CCOC(=O)C=Cc1ccc(C(F)(F)F)c(Cl)c1. The van der Waals surface area contributed by atoms with E-state index < -0.39 is 22.7 Å².